The Morgan fingerprint density at radius 2 is 0.797 bits per heavy atom. The van der Waals surface area contributed by atoms with Crippen molar-refractivity contribution in [3.63, 3.8) is 0 Å². The van der Waals surface area contributed by atoms with Crippen LogP contribution in [0.5, 0.6) is 0 Å². The third-order valence-corrected chi connectivity index (χ3v) is 12.3. The summed E-state index contributed by atoms with van der Waals surface area (Å²) >= 11 is 0. The van der Waals surface area contributed by atoms with E-state index in [1.165, 1.54) is 66.2 Å². The van der Waals surface area contributed by atoms with E-state index in [4.69, 9.17) is 9.97 Å². The Balaban J connectivity index is 1.04. The number of nitrogens with zero attached hydrogens (tertiary/aromatic N) is 2. The lowest BCUT2D eigenvalue weighted by molar-refractivity contribution is 0.661. The zero-order valence-corrected chi connectivity index (χ0v) is 33.0. The molecule has 9 aromatic carbocycles. The molecule has 0 radical (unpaired) electrons. The minimum atomic E-state index is -0.123. The molecule has 0 amide bonds. The van der Waals surface area contributed by atoms with Gasteiger partial charge in [-0.25, -0.2) is 9.97 Å². The summed E-state index contributed by atoms with van der Waals surface area (Å²) in [5, 5.41) is 4.87. The molecule has 0 N–H and O–H groups in total. The summed E-state index contributed by atoms with van der Waals surface area (Å²) in [5.74, 6) is 0.704. The predicted molar refractivity (Wildman–Crippen MR) is 247 cm³/mol. The summed E-state index contributed by atoms with van der Waals surface area (Å²) in [6.07, 6.45) is 0. The molecular formula is C57H40N2. The Kier molecular flexibility index (Phi) is 8.20. The third-order valence-electron chi connectivity index (χ3n) is 12.3. The number of hydrogen-bond donors (Lipinski definition) is 0. The van der Waals surface area contributed by atoms with E-state index in [0.29, 0.717) is 5.82 Å². The van der Waals surface area contributed by atoms with Crippen LogP contribution in [-0.2, 0) is 5.41 Å². The molecule has 1 heterocycles. The van der Waals surface area contributed by atoms with Crippen LogP contribution in [0, 0.1) is 0 Å². The number of aromatic nitrogens is 2. The zero-order valence-electron chi connectivity index (χ0n) is 33.0. The number of benzene rings is 9. The lowest BCUT2D eigenvalue weighted by atomic mass is 9.81. The van der Waals surface area contributed by atoms with Gasteiger partial charge >= 0.3 is 0 Å². The van der Waals surface area contributed by atoms with Gasteiger partial charge in [0.15, 0.2) is 5.82 Å². The fraction of sp³-hybridized carbons (Fsp3) is 0.0526. The molecule has 2 heteroatoms. The van der Waals surface area contributed by atoms with Crippen molar-refractivity contribution in [2.75, 3.05) is 0 Å². The summed E-state index contributed by atoms with van der Waals surface area (Å²) in [6, 6.07) is 74.3. The van der Waals surface area contributed by atoms with Crippen molar-refractivity contribution in [1.82, 2.24) is 9.97 Å². The second-order valence-electron chi connectivity index (χ2n) is 16.2. The average Bonchev–Trinajstić information content (AvgIpc) is 3.52. The van der Waals surface area contributed by atoms with E-state index in [1.54, 1.807) is 0 Å². The van der Waals surface area contributed by atoms with E-state index < -0.39 is 0 Å². The molecule has 0 spiro atoms. The first-order chi connectivity index (χ1) is 29.0. The molecule has 0 saturated heterocycles. The van der Waals surface area contributed by atoms with E-state index >= 15 is 0 Å². The molecule has 0 bridgehead atoms. The number of rotatable bonds is 6. The maximum Gasteiger partial charge on any atom is 0.161 e. The van der Waals surface area contributed by atoms with Crippen LogP contribution in [0.2, 0.25) is 0 Å². The van der Waals surface area contributed by atoms with Crippen molar-refractivity contribution >= 4 is 21.5 Å². The minimum Gasteiger partial charge on any atom is -0.228 e. The first-order valence-corrected chi connectivity index (χ1v) is 20.4. The van der Waals surface area contributed by atoms with Gasteiger partial charge in [-0.05, 0) is 114 Å². The topological polar surface area (TPSA) is 25.8 Å². The maximum absolute atomic E-state index is 5.35. The van der Waals surface area contributed by atoms with E-state index in [-0.39, 0.29) is 5.41 Å². The average molecular weight is 753 g/mol. The molecule has 1 aromatic heterocycles. The highest BCUT2D eigenvalue weighted by Crippen LogP contribution is 2.51. The van der Waals surface area contributed by atoms with Gasteiger partial charge in [-0.15, -0.1) is 0 Å². The van der Waals surface area contributed by atoms with Crippen LogP contribution >= 0.6 is 0 Å². The summed E-state index contributed by atoms with van der Waals surface area (Å²) in [5.41, 5.74) is 17.3. The smallest absolute Gasteiger partial charge is 0.161 e. The Bertz CT molecular complexity index is 3220. The molecule has 59 heavy (non-hydrogen) atoms. The highest BCUT2D eigenvalue weighted by Gasteiger charge is 2.36. The molecule has 278 valence electrons. The van der Waals surface area contributed by atoms with Crippen LogP contribution in [0.25, 0.3) is 100.0 Å². The van der Waals surface area contributed by atoms with E-state index in [2.05, 4.69) is 220 Å². The monoisotopic (exact) mass is 752 g/mol. The van der Waals surface area contributed by atoms with Crippen LogP contribution in [0.15, 0.2) is 206 Å². The molecule has 0 aliphatic heterocycles. The van der Waals surface area contributed by atoms with Crippen molar-refractivity contribution in [3.05, 3.63) is 217 Å². The fourth-order valence-electron chi connectivity index (χ4n) is 9.15. The minimum absolute atomic E-state index is 0.123. The maximum atomic E-state index is 5.35. The SMILES string of the molecule is CC1(C)c2cc(-c3ccc(-c4nc(-c5ccc(-c6ccccc6)cc5)cc(-c5cccc(-c6ccccc6)c5)n4)c4ccccc34)ccc2-c2cc3ccccc3cc21. The standard InChI is InChI=1S/C57H40N2/c1-57(2)52-35-44(28-29-49(52)51-33-42-18-9-10-19-43(42)34-53(51)57)46-30-31-50(48-23-12-11-22-47(46)48)56-58-54(40-26-24-39(25-27-40)37-14-5-3-6-15-37)36-55(59-56)45-21-13-20-41(32-45)38-16-7-4-8-17-38/h3-36H,1-2H3. The van der Waals surface area contributed by atoms with Crippen molar-refractivity contribution in [1.29, 1.82) is 0 Å². The highest BCUT2D eigenvalue weighted by atomic mass is 14.9. The largest absolute Gasteiger partial charge is 0.228 e. The summed E-state index contributed by atoms with van der Waals surface area (Å²) in [6.45, 7) is 4.73. The van der Waals surface area contributed by atoms with Gasteiger partial charge in [-0.3, -0.25) is 0 Å². The molecule has 0 unspecified atom stereocenters. The van der Waals surface area contributed by atoms with Crippen molar-refractivity contribution in [2.24, 2.45) is 0 Å². The Hall–Kier alpha value is -7.42. The molecular weight excluding hydrogens is 713 g/mol. The van der Waals surface area contributed by atoms with Crippen molar-refractivity contribution in [2.45, 2.75) is 19.3 Å². The second-order valence-corrected chi connectivity index (χ2v) is 16.2. The van der Waals surface area contributed by atoms with Crippen LogP contribution in [0.1, 0.15) is 25.0 Å². The van der Waals surface area contributed by atoms with Crippen LogP contribution in [0.3, 0.4) is 0 Å². The van der Waals surface area contributed by atoms with Gasteiger partial charge < -0.3 is 0 Å². The predicted octanol–water partition coefficient (Wildman–Crippen LogP) is 15.1. The summed E-state index contributed by atoms with van der Waals surface area (Å²) < 4.78 is 0. The summed E-state index contributed by atoms with van der Waals surface area (Å²) in [7, 11) is 0. The van der Waals surface area contributed by atoms with Crippen LogP contribution in [0.4, 0.5) is 0 Å². The van der Waals surface area contributed by atoms with Gasteiger partial charge in [-0.1, -0.05) is 184 Å². The molecule has 0 fully saturated rings. The Morgan fingerprint density at radius 1 is 0.305 bits per heavy atom. The lowest BCUT2D eigenvalue weighted by Gasteiger charge is -2.22. The molecule has 1 aliphatic rings. The first kappa shape index (κ1) is 34.8. The fourth-order valence-corrected chi connectivity index (χ4v) is 9.15. The molecule has 10 aromatic rings. The number of hydrogen-bond acceptors (Lipinski definition) is 2. The normalized spacial score (nSPS) is 12.7. The second kappa shape index (κ2) is 13.9. The van der Waals surface area contributed by atoms with Crippen LogP contribution in [-0.4, -0.2) is 9.97 Å². The van der Waals surface area contributed by atoms with Gasteiger partial charge in [0.05, 0.1) is 11.4 Å². The zero-order chi connectivity index (χ0) is 39.5. The molecule has 0 saturated carbocycles. The molecule has 1 aliphatic carbocycles. The van der Waals surface area contributed by atoms with Gasteiger partial charge in [0.25, 0.3) is 0 Å². The lowest BCUT2D eigenvalue weighted by Crippen LogP contribution is -2.15. The van der Waals surface area contributed by atoms with E-state index in [0.717, 1.165) is 39.0 Å². The first-order valence-electron chi connectivity index (χ1n) is 20.4. The number of fused-ring (bicyclic) bond motifs is 5. The van der Waals surface area contributed by atoms with Gasteiger partial charge in [0.2, 0.25) is 0 Å². The van der Waals surface area contributed by atoms with Crippen molar-refractivity contribution in [3.8, 4) is 78.4 Å². The quantitative estimate of drug-likeness (QED) is 0.169. The Morgan fingerprint density at radius 3 is 1.53 bits per heavy atom. The molecule has 11 rings (SSSR count). The Labute approximate surface area is 345 Å². The van der Waals surface area contributed by atoms with Gasteiger partial charge in [0, 0.05) is 22.1 Å². The van der Waals surface area contributed by atoms with E-state index in [1.807, 2.05) is 0 Å². The summed E-state index contributed by atoms with van der Waals surface area (Å²) in [4.78, 5) is 10.7. The highest BCUT2D eigenvalue weighted by molar-refractivity contribution is 6.05. The van der Waals surface area contributed by atoms with E-state index in [9.17, 15) is 0 Å². The molecule has 2 nitrogen and oxygen atoms in total. The van der Waals surface area contributed by atoms with Crippen molar-refractivity contribution < 1.29 is 0 Å². The van der Waals surface area contributed by atoms with Gasteiger partial charge in [-0.2, -0.15) is 0 Å². The third kappa shape index (κ3) is 6.04. The molecule has 0 atom stereocenters. The van der Waals surface area contributed by atoms with Crippen LogP contribution < -0.4 is 0 Å². The van der Waals surface area contributed by atoms with Gasteiger partial charge in [0.1, 0.15) is 0 Å².